The van der Waals surface area contributed by atoms with Crippen LogP contribution in [-0.2, 0) is 27.2 Å². The number of carbonyl (C=O) groups excluding carboxylic acids is 2. The van der Waals surface area contributed by atoms with E-state index in [1.54, 1.807) is 0 Å². The number of allylic oxidation sites excluding steroid dienone is 6. The van der Waals surface area contributed by atoms with Crippen LogP contribution in [0, 0.1) is 17.8 Å². The molecule has 0 unspecified atom stereocenters. The molecular weight excluding hydrogens is 600 g/mol. The molecule has 4 fully saturated rings. The summed E-state index contributed by atoms with van der Waals surface area (Å²) in [6.07, 6.45) is 8.01. The Morgan fingerprint density at radius 3 is 2.17 bits per heavy atom. The first-order valence-corrected chi connectivity index (χ1v) is 16.5. The van der Waals surface area contributed by atoms with Crippen molar-refractivity contribution in [1.29, 1.82) is 0 Å². The first-order valence-electron chi connectivity index (χ1n) is 16.5. The number of hydrogen-bond donors (Lipinski definition) is 4. The number of hydrogen-bond acceptors (Lipinski definition) is 8. The van der Waals surface area contributed by atoms with Gasteiger partial charge in [-0.25, -0.2) is 4.79 Å². The van der Waals surface area contributed by atoms with E-state index in [0.717, 1.165) is 24.0 Å². The number of aromatic hydroxyl groups is 2. The Bertz CT molecular complexity index is 1650. The molecule has 3 saturated carbocycles. The molecule has 254 valence electrons. The molecule has 1 saturated heterocycles. The number of aliphatic hydroxyl groups excluding tert-OH is 1. The number of ether oxygens (including phenoxy) is 2. The highest BCUT2D eigenvalue weighted by molar-refractivity contribution is 6.09. The fourth-order valence-corrected chi connectivity index (χ4v) is 8.39. The summed E-state index contributed by atoms with van der Waals surface area (Å²) in [7, 11) is 0. The Morgan fingerprint density at radius 2 is 1.55 bits per heavy atom. The normalized spacial score (nSPS) is 30.4. The molecule has 2 heterocycles. The molecule has 0 amide bonds. The van der Waals surface area contributed by atoms with Gasteiger partial charge in [0.25, 0.3) is 0 Å². The van der Waals surface area contributed by atoms with E-state index in [4.69, 9.17) is 9.47 Å². The van der Waals surface area contributed by atoms with Crippen molar-refractivity contribution in [2.24, 2.45) is 17.8 Å². The van der Waals surface area contributed by atoms with Crippen LogP contribution in [0.25, 0.3) is 0 Å². The van der Waals surface area contributed by atoms with Crippen LogP contribution in [0.15, 0.2) is 46.6 Å². The molecule has 5 aliphatic rings. The number of aliphatic carboxylic acids is 1. The summed E-state index contributed by atoms with van der Waals surface area (Å²) in [6, 6.07) is 0. The molecule has 6 rings (SSSR count). The highest BCUT2D eigenvalue weighted by atomic mass is 16.6. The minimum atomic E-state index is -1.78. The van der Waals surface area contributed by atoms with Gasteiger partial charge in [0.05, 0.1) is 17.6 Å². The predicted molar refractivity (Wildman–Crippen MR) is 177 cm³/mol. The molecule has 4 bridgehead atoms. The van der Waals surface area contributed by atoms with Crippen molar-refractivity contribution in [1.82, 2.24) is 0 Å². The number of fused-ring (bicyclic) bond motifs is 1. The molecule has 1 aromatic rings. The number of carboxylic acid groups (broad SMARTS) is 1. The van der Waals surface area contributed by atoms with Crippen LogP contribution in [0.2, 0.25) is 0 Å². The van der Waals surface area contributed by atoms with E-state index in [1.807, 2.05) is 60.6 Å². The topological polar surface area (TPSA) is 151 Å². The monoisotopic (exact) mass is 648 g/mol. The maximum Gasteiger partial charge on any atom is 0.330 e. The molecule has 0 aromatic heterocycles. The second-order valence-corrected chi connectivity index (χ2v) is 14.8. The number of benzene rings is 1. The van der Waals surface area contributed by atoms with Crippen LogP contribution in [0.3, 0.4) is 0 Å². The molecule has 9 nitrogen and oxygen atoms in total. The largest absolute Gasteiger partial charge is 0.507 e. The van der Waals surface area contributed by atoms with Crippen molar-refractivity contribution in [3.8, 4) is 17.2 Å². The van der Waals surface area contributed by atoms with Gasteiger partial charge < -0.3 is 29.9 Å². The van der Waals surface area contributed by atoms with Crippen molar-refractivity contribution in [3.63, 3.8) is 0 Å². The fraction of sp³-hybridized carbons (Fsp3) is 0.553. The maximum absolute atomic E-state index is 14.8. The summed E-state index contributed by atoms with van der Waals surface area (Å²) in [5.41, 5.74) is -0.852. The van der Waals surface area contributed by atoms with Gasteiger partial charge in [-0.05, 0) is 87.5 Å². The average Bonchev–Trinajstić information content (AvgIpc) is 3.10. The Balaban J connectivity index is 1.73. The number of Topliss-reactive ketones (excluding diaryl/α,β-unsaturated/α-hetero) is 2. The number of aliphatic hydroxyl groups is 1. The van der Waals surface area contributed by atoms with E-state index < -0.39 is 63.9 Å². The van der Waals surface area contributed by atoms with Crippen LogP contribution in [0.1, 0.15) is 103 Å². The van der Waals surface area contributed by atoms with Crippen molar-refractivity contribution in [3.05, 3.63) is 63.3 Å². The minimum Gasteiger partial charge on any atom is -0.507 e. The smallest absolute Gasteiger partial charge is 0.330 e. The summed E-state index contributed by atoms with van der Waals surface area (Å²) in [5, 5.41) is 44.8. The van der Waals surface area contributed by atoms with Gasteiger partial charge in [0.15, 0.2) is 22.8 Å². The zero-order valence-corrected chi connectivity index (χ0v) is 28.7. The van der Waals surface area contributed by atoms with E-state index in [1.165, 1.54) is 18.6 Å². The quantitative estimate of drug-likeness (QED) is 0.169. The molecule has 9 heteroatoms. The summed E-state index contributed by atoms with van der Waals surface area (Å²) >= 11 is 0. The van der Waals surface area contributed by atoms with Gasteiger partial charge in [0.1, 0.15) is 22.8 Å². The van der Waals surface area contributed by atoms with Crippen molar-refractivity contribution >= 4 is 17.5 Å². The second-order valence-electron chi connectivity index (χ2n) is 14.8. The van der Waals surface area contributed by atoms with E-state index in [-0.39, 0.29) is 53.9 Å². The highest BCUT2D eigenvalue weighted by Crippen LogP contribution is 2.70. The molecule has 3 aliphatic carbocycles. The standard InChI is InChI=1S/C38H48O9/c1-19(2)10-9-11-21(5)13-15-23-29(39)24(14-12-20(3)4)33-27(30(23)40)32(42)28-31(41)25-18-26-36(7,8)47-37(34(25)43,38(26,28)46-33)17-16-22(6)35(44)45/h10,12-13,16,25-26,28,31,39-41H,9,11,14-15,17-18H2,1-8H3,(H,44,45)/t25-,26-,28+,31-,37-,38-/m0/s1. The third-order valence-electron chi connectivity index (χ3n) is 10.8. The number of ketones is 2. The molecule has 1 spiro atoms. The Kier molecular flexibility index (Phi) is 8.90. The van der Waals surface area contributed by atoms with E-state index in [9.17, 15) is 34.8 Å². The van der Waals surface area contributed by atoms with Gasteiger partial charge in [0.2, 0.25) is 0 Å². The van der Waals surface area contributed by atoms with Crippen LogP contribution in [0.5, 0.6) is 17.2 Å². The third-order valence-corrected chi connectivity index (χ3v) is 10.8. The molecule has 6 atom stereocenters. The summed E-state index contributed by atoms with van der Waals surface area (Å²) in [6.45, 7) is 14.9. The molecule has 2 aliphatic heterocycles. The fourth-order valence-electron chi connectivity index (χ4n) is 8.39. The molecule has 4 N–H and O–H groups in total. The lowest BCUT2D eigenvalue weighted by molar-refractivity contribution is -0.220. The summed E-state index contributed by atoms with van der Waals surface area (Å²) in [5.74, 6) is -5.53. The van der Waals surface area contributed by atoms with E-state index in [0.29, 0.717) is 5.56 Å². The minimum absolute atomic E-state index is 0.00268. The third kappa shape index (κ3) is 5.26. The first-order chi connectivity index (χ1) is 21.9. The zero-order chi connectivity index (χ0) is 34.8. The van der Waals surface area contributed by atoms with Crippen LogP contribution >= 0.6 is 0 Å². The molecular formula is C38H48O9. The Morgan fingerprint density at radius 1 is 0.915 bits per heavy atom. The number of phenols is 2. The van der Waals surface area contributed by atoms with Gasteiger partial charge in [-0.2, -0.15) is 0 Å². The van der Waals surface area contributed by atoms with E-state index >= 15 is 0 Å². The van der Waals surface area contributed by atoms with Gasteiger partial charge in [-0.15, -0.1) is 0 Å². The Hall–Kier alpha value is -3.69. The number of rotatable bonds is 10. The lowest BCUT2D eigenvalue weighted by Gasteiger charge is -2.61. The number of phenolic OH excluding ortho intramolecular Hbond substituents is 2. The average molecular weight is 649 g/mol. The van der Waals surface area contributed by atoms with Crippen molar-refractivity contribution < 1.29 is 44.3 Å². The number of carbonyl (C=O) groups is 3. The second kappa shape index (κ2) is 12.1. The van der Waals surface area contributed by atoms with Crippen molar-refractivity contribution in [2.75, 3.05) is 0 Å². The van der Waals surface area contributed by atoms with Gasteiger partial charge in [-0.3, -0.25) is 9.59 Å². The van der Waals surface area contributed by atoms with Gasteiger partial charge in [0, 0.05) is 35.0 Å². The zero-order valence-electron chi connectivity index (χ0n) is 28.7. The Labute approximate surface area is 276 Å². The van der Waals surface area contributed by atoms with Gasteiger partial charge in [-0.1, -0.05) is 41.0 Å². The SMILES string of the molecule is CC(C)=CCCC(C)=CCc1c(O)c(CC=C(C)C)c2c(c1O)C(=O)[C@H]1[C@@H](O)[C@@H]3C[C@H]4C(C)(C)O[C@@](CC=C(C)C(=O)O)(C3=O)[C@@]14O2. The summed E-state index contributed by atoms with van der Waals surface area (Å²) in [4.78, 5) is 40.8. The number of carboxylic acids is 1. The summed E-state index contributed by atoms with van der Waals surface area (Å²) < 4.78 is 13.6. The predicted octanol–water partition coefficient (Wildman–Crippen LogP) is 6.32. The lowest BCUT2D eigenvalue weighted by Crippen LogP contribution is -2.80. The molecule has 0 radical (unpaired) electrons. The van der Waals surface area contributed by atoms with E-state index in [2.05, 4.69) is 6.08 Å². The van der Waals surface area contributed by atoms with Crippen LogP contribution in [0.4, 0.5) is 0 Å². The van der Waals surface area contributed by atoms with Crippen LogP contribution < -0.4 is 4.74 Å². The molecule has 47 heavy (non-hydrogen) atoms. The first kappa shape index (κ1) is 34.6. The lowest BCUT2D eigenvalue weighted by atomic mass is 9.45. The molecule has 1 aromatic carbocycles. The highest BCUT2D eigenvalue weighted by Gasteiger charge is 2.85. The van der Waals surface area contributed by atoms with Crippen LogP contribution in [-0.4, -0.2) is 60.9 Å². The van der Waals surface area contributed by atoms with Crippen molar-refractivity contribution in [2.45, 2.75) is 117 Å². The van der Waals surface area contributed by atoms with Gasteiger partial charge >= 0.3 is 5.97 Å². The maximum atomic E-state index is 14.8.